The molecule has 0 bridgehead atoms. The van der Waals surface area contributed by atoms with Crippen molar-refractivity contribution in [1.82, 2.24) is 10.2 Å². The topological polar surface area (TPSA) is 41.6 Å². The number of piperidine rings is 1. The van der Waals surface area contributed by atoms with Gasteiger partial charge in [-0.2, -0.15) is 0 Å². The largest absolute Gasteiger partial charge is 0.444 e. The number of hydrogen-bond donors (Lipinski definition) is 1. The van der Waals surface area contributed by atoms with E-state index in [1.807, 2.05) is 25.7 Å². The van der Waals surface area contributed by atoms with Gasteiger partial charge in [0.05, 0.1) is 0 Å². The molecule has 2 fully saturated rings. The van der Waals surface area contributed by atoms with Crippen molar-refractivity contribution < 1.29 is 9.53 Å². The Labute approximate surface area is 145 Å². The minimum Gasteiger partial charge on any atom is -0.444 e. The van der Waals surface area contributed by atoms with Gasteiger partial charge in [-0.3, -0.25) is 0 Å². The molecule has 1 aliphatic heterocycles. The zero-order chi connectivity index (χ0) is 17.6. The van der Waals surface area contributed by atoms with Crippen molar-refractivity contribution in [3.63, 3.8) is 0 Å². The van der Waals surface area contributed by atoms with Crippen LogP contribution in [0.2, 0.25) is 0 Å². The second-order valence-electron chi connectivity index (χ2n) is 8.49. The molecular weight excluding hydrogens is 300 g/mol. The summed E-state index contributed by atoms with van der Waals surface area (Å²) in [6, 6.07) is 7.50. The van der Waals surface area contributed by atoms with Crippen LogP contribution in [0.3, 0.4) is 0 Å². The first-order valence-corrected chi connectivity index (χ1v) is 8.97. The van der Waals surface area contributed by atoms with Crippen LogP contribution in [0.4, 0.5) is 4.79 Å². The first-order valence-electron chi connectivity index (χ1n) is 8.97. The van der Waals surface area contributed by atoms with Crippen molar-refractivity contribution in [2.45, 2.75) is 59.2 Å². The average molecular weight is 330 g/mol. The fraction of sp³-hybridized carbons (Fsp3) is 0.650. The standard InChI is InChI=1S/C20H30N2O2/c1-12-7-8-13(2)15(9-12)14(3)21-18-16-10-22(11-17(16)18)19(23)24-20(4,5)6/h7-9,14,16-18,21H,10-11H2,1-6H3. The van der Waals surface area contributed by atoms with Gasteiger partial charge in [0.1, 0.15) is 5.60 Å². The van der Waals surface area contributed by atoms with Crippen LogP contribution in [-0.4, -0.2) is 35.7 Å². The van der Waals surface area contributed by atoms with E-state index < -0.39 is 5.60 Å². The summed E-state index contributed by atoms with van der Waals surface area (Å²) in [5, 5.41) is 3.77. The number of carbonyl (C=O) groups is 1. The number of benzene rings is 1. The van der Waals surface area contributed by atoms with Crippen LogP contribution in [-0.2, 0) is 4.74 Å². The molecule has 3 rings (SSSR count). The van der Waals surface area contributed by atoms with Crippen molar-refractivity contribution in [1.29, 1.82) is 0 Å². The number of nitrogens with one attached hydrogen (secondary N) is 1. The number of rotatable bonds is 3. The van der Waals surface area contributed by atoms with Crippen molar-refractivity contribution in [2.75, 3.05) is 13.1 Å². The quantitative estimate of drug-likeness (QED) is 0.916. The van der Waals surface area contributed by atoms with E-state index in [9.17, 15) is 4.79 Å². The summed E-state index contributed by atoms with van der Waals surface area (Å²) in [7, 11) is 0. The molecule has 4 heteroatoms. The van der Waals surface area contributed by atoms with E-state index in [4.69, 9.17) is 4.74 Å². The van der Waals surface area contributed by atoms with Crippen LogP contribution >= 0.6 is 0 Å². The molecule has 0 spiro atoms. The molecule has 1 heterocycles. The Morgan fingerprint density at radius 3 is 2.46 bits per heavy atom. The minimum atomic E-state index is -0.418. The van der Waals surface area contributed by atoms with Gasteiger partial charge in [-0.1, -0.05) is 23.8 Å². The lowest BCUT2D eigenvalue weighted by Crippen LogP contribution is -2.39. The summed E-state index contributed by atoms with van der Waals surface area (Å²) in [6.07, 6.45) is -0.170. The Morgan fingerprint density at radius 2 is 1.88 bits per heavy atom. The number of ether oxygens (including phenoxy) is 1. The first kappa shape index (κ1) is 17.3. The predicted molar refractivity (Wildman–Crippen MR) is 96.0 cm³/mol. The Balaban J connectivity index is 1.53. The maximum atomic E-state index is 12.1. The molecule has 1 amide bonds. The zero-order valence-corrected chi connectivity index (χ0v) is 15.7. The van der Waals surface area contributed by atoms with Crippen LogP contribution in [0.1, 0.15) is 50.4 Å². The maximum Gasteiger partial charge on any atom is 0.410 e. The monoisotopic (exact) mass is 330 g/mol. The Morgan fingerprint density at radius 1 is 1.25 bits per heavy atom. The van der Waals surface area contributed by atoms with Gasteiger partial charge in [-0.05, 0) is 64.5 Å². The fourth-order valence-electron chi connectivity index (χ4n) is 3.85. The van der Waals surface area contributed by atoms with Crippen LogP contribution in [0.15, 0.2) is 18.2 Å². The molecule has 1 aromatic rings. The third-order valence-corrected chi connectivity index (χ3v) is 5.19. The van der Waals surface area contributed by atoms with E-state index in [1.54, 1.807) is 0 Å². The molecule has 1 saturated heterocycles. The van der Waals surface area contributed by atoms with Crippen LogP contribution in [0.25, 0.3) is 0 Å². The van der Waals surface area contributed by atoms with Gasteiger partial charge < -0.3 is 15.0 Å². The molecule has 3 atom stereocenters. The molecular formula is C20H30N2O2. The number of likely N-dealkylation sites (tertiary alicyclic amines) is 1. The van der Waals surface area contributed by atoms with Crippen molar-refractivity contribution >= 4 is 6.09 Å². The highest BCUT2D eigenvalue weighted by molar-refractivity contribution is 5.69. The van der Waals surface area contributed by atoms with Gasteiger partial charge in [-0.25, -0.2) is 4.79 Å². The van der Waals surface area contributed by atoms with Gasteiger partial charge in [0, 0.05) is 25.2 Å². The molecule has 4 nitrogen and oxygen atoms in total. The number of amides is 1. The third kappa shape index (κ3) is 3.59. The number of aryl methyl sites for hydroxylation is 2. The zero-order valence-electron chi connectivity index (χ0n) is 15.7. The lowest BCUT2D eigenvalue weighted by Gasteiger charge is -2.26. The molecule has 132 valence electrons. The average Bonchev–Trinajstić information content (AvgIpc) is 2.92. The molecule has 1 saturated carbocycles. The van der Waals surface area contributed by atoms with E-state index in [0.29, 0.717) is 23.9 Å². The van der Waals surface area contributed by atoms with E-state index in [2.05, 4.69) is 44.3 Å². The van der Waals surface area contributed by atoms with Gasteiger partial charge in [0.2, 0.25) is 0 Å². The summed E-state index contributed by atoms with van der Waals surface area (Å²) in [4.78, 5) is 14.0. The lowest BCUT2D eigenvalue weighted by molar-refractivity contribution is 0.0269. The van der Waals surface area contributed by atoms with E-state index >= 15 is 0 Å². The summed E-state index contributed by atoms with van der Waals surface area (Å²) >= 11 is 0. The Kier molecular flexibility index (Phi) is 4.37. The lowest BCUT2D eigenvalue weighted by atomic mass is 10.00. The highest BCUT2D eigenvalue weighted by Crippen LogP contribution is 2.46. The van der Waals surface area contributed by atoms with E-state index in [0.717, 1.165) is 13.1 Å². The van der Waals surface area contributed by atoms with E-state index in [1.165, 1.54) is 16.7 Å². The van der Waals surface area contributed by atoms with E-state index in [-0.39, 0.29) is 6.09 Å². The maximum absolute atomic E-state index is 12.1. The van der Waals surface area contributed by atoms with Crippen molar-refractivity contribution in [3.05, 3.63) is 34.9 Å². The number of fused-ring (bicyclic) bond motifs is 1. The number of hydrogen-bond acceptors (Lipinski definition) is 3. The molecule has 0 radical (unpaired) electrons. The fourth-order valence-corrected chi connectivity index (χ4v) is 3.85. The Hall–Kier alpha value is -1.55. The molecule has 0 aromatic heterocycles. The van der Waals surface area contributed by atoms with Gasteiger partial charge in [0.15, 0.2) is 0 Å². The highest BCUT2D eigenvalue weighted by Gasteiger charge is 2.57. The minimum absolute atomic E-state index is 0.170. The third-order valence-electron chi connectivity index (χ3n) is 5.19. The normalized spacial score (nSPS) is 26.9. The van der Waals surface area contributed by atoms with Crippen molar-refractivity contribution in [3.8, 4) is 0 Å². The summed E-state index contributed by atoms with van der Waals surface area (Å²) in [5.74, 6) is 1.15. The van der Waals surface area contributed by atoms with Crippen molar-refractivity contribution in [2.24, 2.45) is 11.8 Å². The van der Waals surface area contributed by atoms with Gasteiger partial charge >= 0.3 is 6.09 Å². The summed E-state index contributed by atoms with van der Waals surface area (Å²) < 4.78 is 5.47. The predicted octanol–water partition coefficient (Wildman–Crippen LogP) is 3.82. The number of nitrogens with zero attached hydrogens (tertiary/aromatic N) is 1. The molecule has 2 aliphatic rings. The van der Waals surface area contributed by atoms with Crippen LogP contribution in [0, 0.1) is 25.7 Å². The van der Waals surface area contributed by atoms with Gasteiger partial charge in [0.25, 0.3) is 0 Å². The first-order chi connectivity index (χ1) is 11.2. The summed E-state index contributed by atoms with van der Waals surface area (Å²) in [5.41, 5.74) is 3.60. The van der Waals surface area contributed by atoms with Gasteiger partial charge in [-0.15, -0.1) is 0 Å². The summed E-state index contributed by atoms with van der Waals surface area (Å²) in [6.45, 7) is 13.9. The molecule has 24 heavy (non-hydrogen) atoms. The second-order valence-corrected chi connectivity index (χ2v) is 8.49. The Bertz CT molecular complexity index is 623. The molecule has 1 aromatic carbocycles. The van der Waals surface area contributed by atoms with Crippen LogP contribution in [0.5, 0.6) is 0 Å². The highest BCUT2D eigenvalue weighted by atomic mass is 16.6. The SMILES string of the molecule is Cc1ccc(C)c(C(C)NC2C3CN(C(=O)OC(C)(C)C)CC32)c1. The number of carbonyl (C=O) groups excluding carboxylic acids is 1. The molecule has 3 unspecified atom stereocenters. The van der Waals surface area contributed by atoms with Crippen LogP contribution < -0.4 is 5.32 Å². The smallest absolute Gasteiger partial charge is 0.410 e. The second kappa shape index (κ2) is 6.07. The molecule has 1 N–H and O–H groups in total. The molecule has 1 aliphatic carbocycles.